The maximum absolute atomic E-state index is 11.8. The van der Waals surface area contributed by atoms with Crippen LogP contribution in [0.4, 0.5) is 17.5 Å². The summed E-state index contributed by atoms with van der Waals surface area (Å²) in [4.78, 5) is 20.7. The van der Waals surface area contributed by atoms with Crippen molar-refractivity contribution in [3.8, 4) is 5.88 Å². The Morgan fingerprint density at radius 1 is 1.05 bits per heavy atom. The van der Waals surface area contributed by atoms with E-state index in [2.05, 4.69) is 41.3 Å². The lowest BCUT2D eigenvalue weighted by atomic mass is 9.93. The number of nitrogens with zero attached hydrogens (tertiary/aromatic N) is 5. The fourth-order valence-electron chi connectivity index (χ4n) is 5.51. The van der Waals surface area contributed by atoms with Gasteiger partial charge in [0.1, 0.15) is 11.9 Å². The molecule has 3 aliphatic rings. The number of anilines is 3. The van der Waals surface area contributed by atoms with Crippen LogP contribution in [0.15, 0.2) is 36.8 Å². The number of sulfonamides is 1. The molecule has 1 aliphatic carbocycles. The standard InChI is InChI=1S/C28H36N8O4S/c1-41(37,38)35-22-14-24-25(30-18-22)15-26(36-10-12-39-13-11-36)34-27(24)40-23-4-2-21(3-5-23)33-28-31-16-20(17-32-28)19-6-8-29-9-7-19/h6,14-18,21,23,29,35H,2-5,7-13H2,1H3,(H,31,32,33). The number of pyridine rings is 2. The van der Waals surface area contributed by atoms with Gasteiger partial charge in [-0.3, -0.25) is 9.71 Å². The molecular formula is C28H36N8O4S. The monoisotopic (exact) mass is 580 g/mol. The van der Waals surface area contributed by atoms with Gasteiger partial charge in [0.05, 0.1) is 42.3 Å². The summed E-state index contributed by atoms with van der Waals surface area (Å²) in [6, 6.07) is 3.92. The lowest BCUT2D eigenvalue weighted by molar-refractivity contribution is 0.122. The molecule has 41 heavy (non-hydrogen) atoms. The third-order valence-electron chi connectivity index (χ3n) is 7.64. The van der Waals surface area contributed by atoms with Gasteiger partial charge in [0.2, 0.25) is 21.9 Å². The highest BCUT2D eigenvalue weighted by Gasteiger charge is 2.25. The SMILES string of the molecule is CS(=O)(=O)Nc1cnc2cc(N3CCOCC3)nc(OC3CCC(Nc4ncc(C5=CCNCC5)cn4)CC3)c2c1. The molecule has 3 N–H and O–H groups in total. The van der Waals surface area contributed by atoms with E-state index in [1.165, 1.54) is 11.8 Å². The van der Waals surface area contributed by atoms with Crippen molar-refractivity contribution in [3.05, 3.63) is 42.4 Å². The van der Waals surface area contributed by atoms with Crippen LogP contribution in [0.2, 0.25) is 0 Å². The van der Waals surface area contributed by atoms with E-state index in [4.69, 9.17) is 14.5 Å². The highest BCUT2D eigenvalue weighted by molar-refractivity contribution is 7.92. The van der Waals surface area contributed by atoms with Crippen molar-refractivity contribution in [1.29, 1.82) is 0 Å². The van der Waals surface area contributed by atoms with E-state index in [9.17, 15) is 8.42 Å². The molecule has 0 aromatic carbocycles. The van der Waals surface area contributed by atoms with Crippen molar-refractivity contribution in [2.75, 3.05) is 60.6 Å². The first-order chi connectivity index (χ1) is 19.9. The second-order valence-electron chi connectivity index (χ2n) is 10.8. The first-order valence-corrected chi connectivity index (χ1v) is 16.1. The van der Waals surface area contributed by atoms with Gasteiger partial charge in [-0.1, -0.05) is 6.08 Å². The summed E-state index contributed by atoms with van der Waals surface area (Å²) in [5, 5.41) is 7.49. The number of nitrogens with one attached hydrogen (secondary N) is 3. The summed E-state index contributed by atoms with van der Waals surface area (Å²) in [5.41, 5.74) is 3.45. The molecule has 1 saturated heterocycles. The Morgan fingerprint density at radius 3 is 2.54 bits per heavy atom. The third kappa shape index (κ3) is 7.03. The zero-order valence-electron chi connectivity index (χ0n) is 23.2. The molecule has 0 atom stereocenters. The molecule has 5 heterocycles. The molecule has 6 rings (SSSR count). The van der Waals surface area contributed by atoms with E-state index in [0.717, 1.165) is 75.9 Å². The molecule has 3 aromatic rings. The van der Waals surface area contributed by atoms with Crippen molar-refractivity contribution in [1.82, 2.24) is 25.3 Å². The van der Waals surface area contributed by atoms with Crippen LogP contribution in [0.5, 0.6) is 5.88 Å². The molecule has 0 unspecified atom stereocenters. The molecular weight excluding hydrogens is 544 g/mol. The average Bonchev–Trinajstić information content (AvgIpc) is 2.99. The quantitative estimate of drug-likeness (QED) is 0.362. The minimum absolute atomic E-state index is 0.0228. The molecule has 3 aromatic heterocycles. The van der Waals surface area contributed by atoms with Crippen LogP contribution in [0.1, 0.15) is 37.7 Å². The van der Waals surface area contributed by atoms with E-state index in [1.54, 1.807) is 6.07 Å². The number of hydrogen-bond donors (Lipinski definition) is 3. The van der Waals surface area contributed by atoms with Gasteiger partial charge < -0.3 is 25.0 Å². The summed E-state index contributed by atoms with van der Waals surface area (Å²) in [6.45, 7) is 4.62. The zero-order valence-corrected chi connectivity index (χ0v) is 24.0. The van der Waals surface area contributed by atoms with Crippen molar-refractivity contribution in [3.63, 3.8) is 0 Å². The van der Waals surface area contributed by atoms with Crippen LogP contribution in [-0.4, -0.2) is 86.1 Å². The summed E-state index contributed by atoms with van der Waals surface area (Å²) in [7, 11) is -3.45. The molecule has 12 nitrogen and oxygen atoms in total. The first kappa shape index (κ1) is 27.6. The van der Waals surface area contributed by atoms with Gasteiger partial charge in [-0.15, -0.1) is 0 Å². The molecule has 0 amide bonds. The molecule has 0 radical (unpaired) electrons. The Bertz CT molecular complexity index is 1500. The highest BCUT2D eigenvalue weighted by Crippen LogP contribution is 2.33. The normalized spacial score (nSPS) is 21.8. The van der Waals surface area contributed by atoms with E-state index in [0.29, 0.717) is 41.6 Å². The van der Waals surface area contributed by atoms with Crippen LogP contribution in [0, 0.1) is 0 Å². The fourth-order valence-corrected chi connectivity index (χ4v) is 6.05. The second-order valence-corrected chi connectivity index (χ2v) is 12.5. The van der Waals surface area contributed by atoms with Crippen LogP contribution < -0.4 is 25.0 Å². The van der Waals surface area contributed by atoms with Crippen LogP contribution >= 0.6 is 0 Å². The van der Waals surface area contributed by atoms with Gasteiger partial charge in [-0.05, 0) is 50.3 Å². The maximum Gasteiger partial charge on any atom is 0.229 e. The minimum atomic E-state index is -3.45. The Labute approximate surface area is 240 Å². The number of aromatic nitrogens is 4. The van der Waals surface area contributed by atoms with E-state index < -0.39 is 10.0 Å². The molecule has 2 fully saturated rings. The number of hydrogen-bond acceptors (Lipinski definition) is 11. The second kappa shape index (κ2) is 12.1. The van der Waals surface area contributed by atoms with Gasteiger partial charge in [0.15, 0.2) is 0 Å². The van der Waals surface area contributed by atoms with Crippen molar-refractivity contribution in [2.24, 2.45) is 0 Å². The summed E-state index contributed by atoms with van der Waals surface area (Å²) in [6.07, 6.45) is 13.1. The number of ether oxygens (including phenoxy) is 2. The Balaban J connectivity index is 1.14. The topological polar surface area (TPSA) is 143 Å². The van der Waals surface area contributed by atoms with Crippen LogP contribution in [0.3, 0.4) is 0 Å². The van der Waals surface area contributed by atoms with Gasteiger partial charge in [-0.2, -0.15) is 4.98 Å². The predicted molar refractivity (Wildman–Crippen MR) is 159 cm³/mol. The van der Waals surface area contributed by atoms with Crippen molar-refractivity contribution >= 4 is 44.0 Å². The van der Waals surface area contributed by atoms with E-state index in [1.807, 2.05) is 18.5 Å². The molecule has 2 aliphatic heterocycles. The number of morpholine rings is 1. The van der Waals surface area contributed by atoms with E-state index in [-0.39, 0.29) is 12.1 Å². The highest BCUT2D eigenvalue weighted by atomic mass is 32.2. The van der Waals surface area contributed by atoms with Crippen molar-refractivity contribution < 1.29 is 17.9 Å². The Kier molecular flexibility index (Phi) is 8.17. The smallest absolute Gasteiger partial charge is 0.229 e. The fraction of sp³-hybridized carbons (Fsp3) is 0.500. The zero-order chi connectivity index (χ0) is 28.2. The van der Waals surface area contributed by atoms with Crippen LogP contribution in [0.25, 0.3) is 16.5 Å². The lowest BCUT2D eigenvalue weighted by Crippen LogP contribution is -2.37. The Hall–Kier alpha value is -3.55. The maximum atomic E-state index is 11.8. The molecule has 218 valence electrons. The average molecular weight is 581 g/mol. The lowest BCUT2D eigenvalue weighted by Gasteiger charge is -2.31. The summed E-state index contributed by atoms with van der Waals surface area (Å²) in [5.74, 6) is 1.90. The molecule has 13 heteroatoms. The van der Waals surface area contributed by atoms with Gasteiger partial charge in [0, 0.05) is 49.7 Å². The molecule has 0 bridgehead atoms. The van der Waals surface area contributed by atoms with Gasteiger partial charge >= 0.3 is 0 Å². The number of rotatable bonds is 8. The van der Waals surface area contributed by atoms with Crippen LogP contribution in [-0.2, 0) is 14.8 Å². The predicted octanol–water partition coefficient (Wildman–Crippen LogP) is 2.81. The summed E-state index contributed by atoms with van der Waals surface area (Å²) < 4.78 is 38.2. The first-order valence-electron chi connectivity index (χ1n) is 14.2. The Morgan fingerprint density at radius 2 is 1.83 bits per heavy atom. The van der Waals surface area contributed by atoms with Gasteiger partial charge in [-0.25, -0.2) is 18.4 Å². The number of fused-ring (bicyclic) bond motifs is 1. The molecule has 0 spiro atoms. The summed E-state index contributed by atoms with van der Waals surface area (Å²) >= 11 is 0. The third-order valence-corrected chi connectivity index (χ3v) is 8.25. The van der Waals surface area contributed by atoms with E-state index >= 15 is 0 Å². The largest absolute Gasteiger partial charge is 0.474 e. The minimum Gasteiger partial charge on any atom is -0.474 e. The van der Waals surface area contributed by atoms with Gasteiger partial charge in [0.25, 0.3) is 0 Å². The molecule has 1 saturated carbocycles. The van der Waals surface area contributed by atoms with Crippen molar-refractivity contribution in [2.45, 2.75) is 44.2 Å².